The fourth-order valence-corrected chi connectivity index (χ4v) is 2.88. The lowest BCUT2D eigenvalue weighted by Gasteiger charge is -2.29. The number of benzene rings is 1. The fraction of sp³-hybridized carbons (Fsp3) is 0.500. The number of hydrogen-bond donors (Lipinski definition) is 2. The van der Waals surface area contributed by atoms with E-state index in [0.717, 1.165) is 25.9 Å². The van der Waals surface area contributed by atoms with Crippen molar-refractivity contribution in [2.75, 3.05) is 37.7 Å². The first kappa shape index (κ1) is 14.8. The first-order valence-corrected chi connectivity index (χ1v) is 7.73. The fourth-order valence-electron chi connectivity index (χ4n) is 2.88. The SMILES string of the molecule is O=C(CN1C(=O)COc2ccccc21)NCC1CCCNC1. The standard InChI is InChI=1S/C16H21N3O3/c20-15(18-9-12-4-3-7-17-8-12)10-19-13-5-1-2-6-14(13)22-11-16(19)21/h1-2,5-6,12,17H,3-4,7-11H2,(H,18,20). The largest absolute Gasteiger partial charge is 0.482 e. The van der Waals surface area contributed by atoms with E-state index in [0.29, 0.717) is 23.9 Å². The van der Waals surface area contributed by atoms with Crippen molar-refractivity contribution >= 4 is 17.5 Å². The molecule has 22 heavy (non-hydrogen) atoms. The molecule has 1 unspecified atom stereocenters. The predicted octanol–water partition coefficient (Wildman–Crippen LogP) is 0.528. The van der Waals surface area contributed by atoms with E-state index in [9.17, 15) is 9.59 Å². The van der Waals surface area contributed by atoms with Crippen molar-refractivity contribution < 1.29 is 14.3 Å². The van der Waals surface area contributed by atoms with Crippen LogP contribution in [0.5, 0.6) is 5.75 Å². The summed E-state index contributed by atoms with van der Waals surface area (Å²) in [7, 11) is 0. The molecular formula is C16H21N3O3. The van der Waals surface area contributed by atoms with Crippen LogP contribution in [0, 0.1) is 5.92 Å². The average Bonchev–Trinajstić information content (AvgIpc) is 2.56. The highest BCUT2D eigenvalue weighted by Crippen LogP contribution is 2.31. The Morgan fingerprint density at radius 3 is 3.09 bits per heavy atom. The van der Waals surface area contributed by atoms with Gasteiger partial charge in [0.25, 0.3) is 5.91 Å². The quantitative estimate of drug-likeness (QED) is 0.851. The smallest absolute Gasteiger partial charge is 0.265 e. The van der Waals surface area contributed by atoms with Gasteiger partial charge in [-0.2, -0.15) is 0 Å². The third kappa shape index (κ3) is 3.39. The molecule has 1 aromatic carbocycles. The predicted molar refractivity (Wildman–Crippen MR) is 82.9 cm³/mol. The Morgan fingerprint density at radius 2 is 2.27 bits per heavy atom. The molecule has 0 spiro atoms. The van der Waals surface area contributed by atoms with Crippen molar-refractivity contribution in [1.82, 2.24) is 10.6 Å². The van der Waals surface area contributed by atoms with Gasteiger partial charge in [-0.05, 0) is 44.0 Å². The van der Waals surface area contributed by atoms with Crippen LogP contribution in [0.3, 0.4) is 0 Å². The number of piperidine rings is 1. The molecule has 1 aromatic rings. The normalized spacial score (nSPS) is 21.0. The number of carbonyl (C=O) groups is 2. The summed E-state index contributed by atoms with van der Waals surface area (Å²) in [4.78, 5) is 25.6. The van der Waals surface area contributed by atoms with Crippen LogP contribution < -0.4 is 20.3 Å². The first-order valence-electron chi connectivity index (χ1n) is 7.73. The average molecular weight is 303 g/mol. The molecule has 0 saturated carbocycles. The summed E-state index contributed by atoms with van der Waals surface area (Å²) in [6.07, 6.45) is 2.28. The summed E-state index contributed by atoms with van der Waals surface area (Å²) in [6, 6.07) is 7.29. The van der Waals surface area contributed by atoms with E-state index in [1.165, 1.54) is 4.90 Å². The van der Waals surface area contributed by atoms with Gasteiger partial charge in [0.2, 0.25) is 5.91 Å². The van der Waals surface area contributed by atoms with Crippen LogP contribution in [0.1, 0.15) is 12.8 Å². The van der Waals surface area contributed by atoms with Gasteiger partial charge in [0, 0.05) is 6.54 Å². The Labute approximate surface area is 129 Å². The Hall–Kier alpha value is -2.08. The number of amides is 2. The molecular weight excluding hydrogens is 282 g/mol. The number of nitrogens with zero attached hydrogens (tertiary/aromatic N) is 1. The van der Waals surface area contributed by atoms with Gasteiger partial charge in [0.15, 0.2) is 6.61 Å². The highest BCUT2D eigenvalue weighted by Gasteiger charge is 2.27. The maximum Gasteiger partial charge on any atom is 0.265 e. The monoisotopic (exact) mass is 303 g/mol. The minimum atomic E-state index is -0.187. The molecule has 2 aliphatic rings. The number of carbonyl (C=O) groups excluding carboxylic acids is 2. The molecule has 2 N–H and O–H groups in total. The second-order valence-corrected chi connectivity index (χ2v) is 5.75. The number of anilines is 1. The molecule has 118 valence electrons. The molecule has 0 radical (unpaired) electrons. The Balaban J connectivity index is 1.57. The van der Waals surface area contributed by atoms with E-state index in [1.807, 2.05) is 12.1 Å². The van der Waals surface area contributed by atoms with Gasteiger partial charge in [0.1, 0.15) is 12.3 Å². The zero-order chi connectivity index (χ0) is 15.4. The lowest BCUT2D eigenvalue weighted by molar-refractivity contribution is -0.125. The number of ether oxygens (including phenoxy) is 1. The Morgan fingerprint density at radius 1 is 1.41 bits per heavy atom. The highest BCUT2D eigenvalue weighted by molar-refractivity contribution is 6.02. The minimum absolute atomic E-state index is 0.0170. The van der Waals surface area contributed by atoms with Gasteiger partial charge >= 0.3 is 0 Å². The molecule has 6 nitrogen and oxygen atoms in total. The molecule has 2 heterocycles. The summed E-state index contributed by atoms with van der Waals surface area (Å²) < 4.78 is 5.37. The first-order chi connectivity index (χ1) is 10.7. The van der Waals surface area contributed by atoms with Gasteiger partial charge in [-0.3, -0.25) is 14.5 Å². The topological polar surface area (TPSA) is 70.7 Å². The van der Waals surface area contributed by atoms with E-state index in [2.05, 4.69) is 10.6 Å². The van der Waals surface area contributed by atoms with E-state index >= 15 is 0 Å². The second kappa shape index (κ2) is 6.79. The lowest BCUT2D eigenvalue weighted by atomic mass is 10.00. The third-order valence-corrected chi connectivity index (χ3v) is 4.10. The zero-order valence-electron chi connectivity index (χ0n) is 12.5. The van der Waals surface area contributed by atoms with Crippen LogP contribution >= 0.6 is 0 Å². The Kier molecular flexibility index (Phi) is 4.58. The van der Waals surface area contributed by atoms with Gasteiger partial charge in [0.05, 0.1) is 5.69 Å². The molecule has 2 amide bonds. The van der Waals surface area contributed by atoms with Crippen LogP contribution in [0.4, 0.5) is 5.69 Å². The maximum absolute atomic E-state index is 12.1. The van der Waals surface area contributed by atoms with Gasteiger partial charge in [-0.25, -0.2) is 0 Å². The van der Waals surface area contributed by atoms with Crippen molar-refractivity contribution in [1.29, 1.82) is 0 Å². The molecule has 1 atom stereocenters. The van der Waals surface area contributed by atoms with Gasteiger partial charge in [-0.15, -0.1) is 0 Å². The van der Waals surface area contributed by atoms with Gasteiger partial charge < -0.3 is 15.4 Å². The summed E-state index contributed by atoms with van der Waals surface area (Å²) in [5.74, 6) is 0.806. The van der Waals surface area contributed by atoms with E-state index in [4.69, 9.17) is 4.74 Å². The molecule has 0 aliphatic carbocycles. The third-order valence-electron chi connectivity index (χ3n) is 4.10. The van der Waals surface area contributed by atoms with Crippen LogP contribution in [-0.2, 0) is 9.59 Å². The molecule has 1 saturated heterocycles. The van der Waals surface area contributed by atoms with Crippen molar-refractivity contribution in [3.05, 3.63) is 24.3 Å². The van der Waals surface area contributed by atoms with Crippen molar-refractivity contribution in [2.45, 2.75) is 12.8 Å². The number of fused-ring (bicyclic) bond motifs is 1. The molecule has 2 aliphatic heterocycles. The van der Waals surface area contributed by atoms with Crippen molar-refractivity contribution in [3.8, 4) is 5.75 Å². The zero-order valence-corrected chi connectivity index (χ0v) is 12.5. The van der Waals surface area contributed by atoms with Crippen LogP contribution in [0.25, 0.3) is 0 Å². The van der Waals surface area contributed by atoms with Crippen LogP contribution in [0.2, 0.25) is 0 Å². The summed E-state index contributed by atoms with van der Waals surface area (Å²) in [5, 5.41) is 6.27. The molecule has 0 bridgehead atoms. The number of rotatable bonds is 4. The highest BCUT2D eigenvalue weighted by atomic mass is 16.5. The summed E-state index contributed by atoms with van der Waals surface area (Å²) >= 11 is 0. The van der Waals surface area contributed by atoms with Crippen LogP contribution in [0.15, 0.2) is 24.3 Å². The molecule has 3 rings (SSSR count). The lowest BCUT2D eigenvalue weighted by Crippen LogP contribution is -2.46. The van der Waals surface area contributed by atoms with E-state index in [-0.39, 0.29) is 25.0 Å². The minimum Gasteiger partial charge on any atom is -0.482 e. The summed E-state index contributed by atoms with van der Waals surface area (Å²) in [6.45, 7) is 2.69. The van der Waals surface area contributed by atoms with Crippen molar-refractivity contribution in [2.24, 2.45) is 5.92 Å². The second-order valence-electron chi connectivity index (χ2n) is 5.75. The maximum atomic E-state index is 12.1. The van der Waals surface area contributed by atoms with Crippen molar-refractivity contribution in [3.63, 3.8) is 0 Å². The van der Waals surface area contributed by atoms with Crippen LogP contribution in [-0.4, -0.2) is 44.6 Å². The molecule has 6 heteroatoms. The molecule has 1 fully saturated rings. The number of hydrogen-bond acceptors (Lipinski definition) is 4. The number of nitrogens with one attached hydrogen (secondary N) is 2. The Bertz CT molecular complexity index is 555. The molecule has 0 aromatic heterocycles. The summed E-state index contributed by atoms with van der Waals surface area (Å²) in [5.41, 5.74) is 0.660. The number of para-hydroxylation sites is 2. The van der Waals surface area contributed by atoms with E-state index in [1.54, 1.807) is 12.1 Å². The van der Waals surface area contributed by atoms with E-state index < -0.39 is 0 Å². The van der Waals surface area contributed by atoms with Gasteiger partial charge in [-0.1, -0.05) is 12.1 Å².